The van der Waals surface area contributed by atoms with Crippen molar-refractivity contribution in [3.8, 4) is 6.07 Å². The average Bonchev–Trinajstić information content (AvgIpc) is 2.76. The van der Waals surface area contributed by atoms with Crippen LogP contribution in [-0.4, -0.2) is 9.78 Å². The van der Waals surface area contributed by atoms with E-state index in [2.05, 4.69) is 11.2 Å². The Kier molecular flexibility index (Phi) is 1.61. The van der Waals surface area contributed by atoms with Crippen LogP contribution in [0.15, 0.2) is 6.20 Å². The third kappa shape index (κ3) is 1.33. The van der Waals surface area contributed by atoms with Gasteiger partial charge in [0.1, 0.15) is 6.07 Å². The summed E-state index contributed by atoms with van der Waals surface area (Å²) in [5.41, 5.74) is 1.55. The minimum Gasteiger partial charge on any atom is -0.271 e. The van der Waals surface area contributed by atoms with E-state index in [4.69, 9.17) is 5.26 Å². The molecule has 0 amide bonds. The first-order valence-corrected chi connectivity index (χ1v) is 4.24. The Morgan fingerprint density at radius 2 is 2.50 bits per heavy atom. The molecule has 1 aromatic rings. The lowest BCUT2D eigenvalue weighted by atomic mass is 10.3. The smallest absolute Gasteiger partial charge is 0.103 e. The van der Waals surface area contributed by atoms with E-state index in [0.717, 1.165) is 18.2 Å². The molecule has 0 aromatic carbocycles. The second-order valence-electron chi connectivity index (χ2n) is 3.41. The van der Waals surface area contributed by atoms with Gasteiger partial charge in [-0.2, -0.15) is 10.4 Å². The molecule has 0 spiro atoms. The lowest BCUT2D eigenvalue weighted by Crippen LogP contribution is -1.99. The third-order valence-corrected chi connectivity index (χ3v) is 2.21. The molecular formula is C9H11N3. The van der Waals surface area contributed by atoms with E-state index >= 15 is 0 Å². The minimum absolute atomic E-state index is 0.704. The van der Waals surface area contributed by atoms with Crippen molar-refractivity contribution < 1.29 is 0 Å². The molecule has 0 N–H and O–H groups in total. The van der Waals surface area contributed by atoms with Gasteiger partial charge in [0.25, 0.3) is 0 Å². The van der Waals surface area contributed by atoms with E-state index in [1.165, 1.54) is 12.8 Å². The molecule has 1 fully saturated rings. The van der Waals surface area contributed by atoms with Gasteiger partial charge in [0.2, 0.25) is 0 Å². The van der Waals surface area contributed by atoms with Crippen molar-refractivity contribution in [1.29, 1.82) is 5.26 Å². The van der Waals surface area contributed by atoms with Crippen LogP contribution < -0.4 is 0 Å². The second kappa shape index (κ2) is 2.63. The highest BCUT2D eigenvalue weighted by Crippen LogP contribution is 2.30. The summed E-state index contributed by atoms with van der Waals surface area (Å²) in [5.74, 6) is 0.816. The van der Waals surface area contributed by atoms with E-state index in [0.29, 0.717) is 5.56 Å². The molecule has 0 saturated heterocycles. The van der Waals surface area contributed by atoms with Gasteiger partial charge >= 0.3 is 0 Å². The zero-order chi connectivity index (χ0) is 8.55. The van der Waals surface area contributed by atoms with Crippen LogP contribution in [0.1, 0.15) is 24.1 Å². The maximum absolute atomic E-state index is 8.68. The Morgan fingerprint density at radius 3 is 3.00 bits per heavy atom. The number of nitrogens with zero attached hydrogens (tertiary/aromatic N) is 3. The highest BCUT2D eigenvalue weighted by Gasteiger charge is 2.22. The number of nitriles is 1. The van der Waals surface area contributed by atoms with Crippen LogP contribution >= 0.6 is 0 Å². The van der Waals surface area contributed by atoms with Gasteiger partial charge in [0.05, 0.1) is 11.3 Å². The van der Waals surface area contributed by atoms with Gasteiger partial charge in [-0.3, -0.25) is 4.68 Å². The normalized spacial score (nSPS) is 16.0. The highest BCUT2D eigenvalue weighted by atomic mass is 15.3. The molecule has 62 valence electrons. The maximum Gasteiger partial charge on any atom is 0.103 e. The Balaban J connectivity index is 2.16. The Labute approximate surface area is 71.6 Å². The quantitative estimate of drug-likeness (QED) is 0.659. The molecule has 1 aliphatic rings. The number of rotatable bonds is 2. The summed E-state index contributed by atoms with van der Waals surface area (Å²) in [6.45, 7) is 2.87. The molecule has 0 radical (unpaired) electrons. The van der Waals surface area contributed by atoms with E-state index in [1.54, 1.807) is 0 Å². The number of aromatic nitrogens is 2. The van der Waals surface area contributed by atoms with Crippen LogP contribution in [0.25, 0.3) is 0 Å². The molecule has 2 rings (SSSR count). The van der Waals surface area contributed by atoms with Crippen LogP contribution in [0.5, 0.6) is 0 Å². The predicted molar refractivity (Wildman–Crippen MR) is 44.4 cm³/mol. The fraction of sp³-hybridized carbons (Fsp3) is 0.556. The van der Waals surface area contributed by atoms with Gasteiger partial charge < -0.3 is 0 Å². The Hall–Kier alpha value is -1.30. The van der Waals surface area contributed by atoms with E-state index in [9.17, 15) is 0 Å². The van der Waals surface area contributed by atoms with Gasteiger partial charge in [-0.25, -0.2) is 0 Å². The molecule has 1 saturated carbocycles. The highest BCUT2D eigenvalue weighted by molar-refractivity contribution is 5.29. The van der Waals surface area contributed by atoms with E-state index in [1.807, 2.05) is 17.8 Å². The summed E-state index contributed by atoms with van der Waals surface area (Å²) >= 11 is 0. The number of aryl methyl sites for hydroxylation is 1. The van der Waals surface area contributed by atoms with Crippen molar-refractivity contribution >= 4 is 0 Å². The molecular weight excluding hydrogens is 150 g/mol. The van der Waals surface area contributed by atoms with E-state index < -0.39 is 0 Å². The van der Waals surface area contributed by atoms with Crippen LogP contribution in [-0.2, 0) is 6.54 Å². The van der Waals surface area contributed by atoms with Crippen molar-refractivity contribution in [2.75, 3.05) is 0 Å². The fourth-order valence-corrected chi connectivity index (χ4v) is 1.29. The van der Waals surface area contributed by atoms with Gasteiger partial charge in [-0.1, -0.05) is 0 Å². The molecule has 1 aromatic heterocycles. The Bertz CT molecular complexity index is 328. The maximum atomic E-state index is 8.68. The molecule has 0 atom stereocenters. The summed E-state index contributed by atoms with van der Waals surface area (Å²) in [5, 5.41) is 12.9. The number of hydrogen-bond donors (Lipinski definition) is 0. The monoisotopic (exact) mass is 161 g/mol. The first-order valence-electron chi connectivity index (χ1n) is 4.24. The first kappa shape index (κ1) is 7.35. The second-order valence-corrected chi connectivity index (χ2v) is 3.41. The lowest BCUT2D eigenvalue weighted by molar-refractivity contribution is 0.559. The van der Waals surface area contributed by atoms with Crippen molar-refractivity contribution in [2.45, 2.75) is 26.3 Å². The van der Waals surface area contributed by atoms with Crippen molar-refractivity contribution in [2.24, 2.45) is 5.92 Å². The molecule has 1 aliphatic carbocycles. The lowest BCUT2D eigenvalue weighted by Gasteiger charge is -1.95. The van der Waals surface area contributed by atoms with Crippen molar-refractivity contribution in [1.82, 2.24) is 9.78 Å². The van der Waals surface area contributed by atoms with Gasteiger partial charge in [0, 0.05) is 12.7 Å². The SMILES string of the molecule is Cc1nn(CC2CC2)cc1C#N. The van der Waals surface area contributed by atoms with Gasteiger partial charge in [-0.05, 0) is 25.7 Å². The zero-order valence-corrected chi connectivity index (χ0v) is 7.12. The molecule has 0 bridgehead atoms. The summed E-state index contributed by atoms with van der Waals surface area (Å²) in [7, 11) is 0. The third-order valence-electron chi connectivity index (χ3n) is 2.21. The molecule has 0 unspecified atom stereocenters. The average molecular weight is 161 g/mol. The van der Waals surface area contributed by atoms with Gasteiger partial charge in [0.15, 0.2) is 0 Å². The molecule has 1 heterocycles. The molecule has 0 aliphatic heterocycles. The molecule has 12 heavy (non-hydrogen) atoms. The summed E-state index contributed by atoms with van der Waals surface area (Å²) in [6.07, 6.45) is 4.48. The van der Waals surface area contributed by atoms with E-state index in [-0.39, 0.29) is 0 Å². The largest absolute Gasteiger partial charge is 0.271 e. The van der Waals surface area contributed by atoms with Crippen LogP contribution in [0.3, 0.4) is 0 Å². The summed E-state index contributed by atoms with van der Waals surface area (Å²) in [6, 6.07) is 2.13. The summed E-state index contributed by atoms with van der Waals surface area (Å²) in [4.78, 5) is 0. The number of hydrogen-bond acceptors (Lipinski definition) is 2. The minimum atomic E-state index is 0.704. The first-order chi connectivity index (χ1) is 5.79. The fourth-order valence-electron chi connectivity index (χ4n) is 1.29. The van der Waals surface area contributed by atoms with Crippen LogP contribution in [0.2, 0.25) is 0 Å². The van der Waals surface area contributed by atoms with Crippen LogP contribution in [0.4, 0.5) is 0 Å². The van der Waals surface area contributed by atoms with Crippen molar-refractivity contribution in [3.63, 3.8) is 0 Å². The predicted octanol–water partition coefficient (Wildman–Crippen LogP) is 1.47. The molecule has 3 heteroatoms. The van der Waals surface area contributed by atoms with Gasteiger partial charge in [-0.15, -0.1) is 0 Å². The topological polar surface area (TPSA) is 41.6 Å². The Morgan fingerprint density at radius 1 is 1.75 bits per heavy atom. The molecule has 3 nitrogen and oxygen atoms in total. The summed E-state index contributed by atoms with van der Waals surface area (Å²) < 4.78 is 1.89. The van der Waals surface area contributed by atoms with Crippen molar-refractivity contribution in [3.05, 3.63) is 17.5 Å². The zero-order valence-electron chi connectivity index (χ0n) is 7.12. The standard InChI is InChI=1S/C9H11N3/c1-7-9(4-10)6-12(11-7)5-8-2-3-8/h6,8H,2-3,5H2,1H3. The van der Waals surface area contributed by atoms with Crippen LogP contribution in [0, 0.1) is 24.2 Å².